The molecule has 82 valence electrons. The maximum absolute atomic E-state index is 12.1. The molecule has 0 radical (unpaired) electrons. The number of hydrogen-bond donors (Lipinski definition) is 0. The highest BCUT2D eigenvalue weighted by atomic mass is 16.2. The monoisotopic (exact) mass is 207 g/mol. The van der Waals surface area contributed by atoms with Crippen LogP contribution in [-0.4, -0.2) is 22.3 Å². The molecule has 1 unspecified atom stereocenters. The lowest BCUT2D eigenvalue weighted by Gasteiger charge is -2.40. The molecule has 3 nitrogen and oxygen atoms in total. The smallest absolute Gasteiger partial charge is 0.256 e. The van der Waals surface area contributed by atoms with Crippen LogP contribution in [-0.2, 0) is 9.59 Å². The van der Waals surface area contributed by atoms with Gasteiger partial charge < -0.3 is 0 Å². The average Bonchev–Trinajstić information content (AvgIpc) is 2.14. The molecule has 0 spiro atoms. The Morgan fingerprint density at radius 1 is 1.33 bits per heavy atom. The van der Waals surface area contributed by atoms with Gasteiger partial charge in [0.15, 0.2) is 0 Å². The third-order valence-electron chi connectivity index (χ3n) is 3.05. The third kappa shape index (κ3) is 1.60. The second-order valence-electron chi connectivity index (χ2n) is 5.34. The third-order valence-corrected chi connectivity index (χ3v) is 3.05. The number of carbonyl (C=O) groups is 2. The minimum absolute atomic E-state index is 0.0176. The highest BCUT2D eigenvalue weighted by Gasteiger charge is 2.42. The van der Waals surface area contributed by atoms with Gasteiger partial charge in [-0.25, -0.2) is 0 Å². The summed E-state index contributed by atoms with van der Waals surface area (Å²) >= 11 is 0. The SMILES string of the molecule is CC(C)(C)N1C(=O)C2=CC(CCC2)C1=O. The Bertz CT molecular complexity index is 349. The number of hydrogen-bond acceptors (Lipinski definition) is 2. The first kappa shape index (κ1) is 10.4. The Labute approximate surface area is 90.1 Å². The van der Waals surface area contributed by atoms with Crippen molar-refractivity contribution in [1.29, 1.82) is 0 Å². The van der Waals surface area contributed by atoms with Gasteiger partial charge in [-0.1, -0.05) is 6.08 Å². The van der Waals surface area contributed by atoms with Crippen molar-refractivity contribution in [2.24, 2.45) is 5.92 Å². The minimum Gasteiger partial charge on any atom is -0.274 e. The van der Waals surface area contributed by atoms with Crippen LogP contribution in [0.3, 0.4) is 0 Å². The molecule has 1 atom stereocenters. The first-order valence-electron chi connectivity index (χ1n) is 5.50. The molecule has 15 heavy (non-hydrogen) atoms. The lowest BCUT2D eigenvalue weighted by atomic mass is 9.83. The Kier molecular flexibility index (Phi) is 2.21. The van der Waals surface area contributed by atoms with Crippen molar-refractivity contribution in [2.75, 3.05) is 0 Å². The number of rotatable bonds is 0. The van der Waals surface area contributed by atoms with E-state index in [1.807, 2.05) is 26.8 Å². The van der Waals surface area contributed by atoms with Gasteiger partial charge in [-0.15, -0.1) is 0 Å². The molecular weight excluding hydrogens is 190 g/mol. The van der Waals surface area contributed by atoms with Gasteiger partial charge in [0.1, 0.15) is 0 Å². The molecule has 0 aromatic rings. The highest BCUT2D eigenvalue weighted by Crippen LogP contribution is 2.33. The predicted octanol–water partition coefficient (Wildman–Crippen LogP) is 1.88. The van der Waals surface area contributed by atoms with E-state index in [2.05, 4.69) is 0 Å². The van der Waals surface area contributed by atoms with E-state index in [-0.39, 0.29) is 17.7 Å². The minimum atomic E-state index is -0.400. The van der Waals surface area contributed by atoms with Crippen molar-refractivity contribution in [3.05, 3.63) is 11.6 Å². The number of likely N-dealkylation sites (tertiary alicyclic amines) is 1. The zero-order valence-electron chi connectivity index (χ0n) is 9.54. The summed E-state index contributed by atoms with van der Waals surface area (Å²) in [7, 11) is 0. The van der Waals surface area contributed by atoms with Gasteiger partial charge in [-0.05, 0) is 40.0 Å². The van der Waals surface area contributed by atoms with Gasteiger partial charge >= 0.3 is 0 Å². The maximum atomic E-state index is 12.1. The van der Waals surface area contributed by atoms with Crippen molar-refractivity contribution < 1.29 is 9.59 Å². The van der Waals surface area contributed by atoms with E-state index in [1.165, 1.54) is 4.90 Å². The van der Waals surface area contributed by atoms with E-state index < -0.39 is 5.54 Å². The van der Waals surface area contributed by atoms with Crippen LogP contribution in [0.1, 0.15) is 40.0 Å². The Morgan fingerprint density at radius 3 is 2.60 bits per heavy atom. The van der Waals surface area contributed by atoms with E-state index >= 15 is 0 Å². The average molecular weight is 207 g/mol. The zero-order chi connectivity index (χ0) is 11.2. The summed E-state index contributed by atoms with van der Waals surface area (Å²) in [6.45, 7) is 5.72. The van der Waals surface area contributed by atoms with Gasteiger partial charge in [-0.3, -0.25) is 14.5 Å². The number of fused-ring (bicyclic) bond motifs is 1. The molecule has 0 aromatic carbocycles. The fourth-order valence-corrected chi connectivity index (χ4v) is 2.34. The zero-order valence-corrected chi connectivity index (χ0v) is 9.54. The van der Waals surface area contributed by atoms with Crippen molar-refractivity contribution in [3.8, 4) is 0 Å². The van der Waals surface area contributed by atoms with Crippen LogP contribution in [0.5, 0.6) is 0 Å². The molecular formula is C12H17NO2. The van der Waals surface area contributed by atoms with Crippen LogP contribution in [0.15, 0.2) is 11.6 Å². The standard InChI is InChI=1S/C12H17NO2/c1-12(2,3)13-10(14)8-5-4-6-9(7-8)11(13)15/h7-8H,4-6H2,1-3H3. The van der Waals surface area contributed by atoms with Crippen LogP contribution in [0.2, 0.25) is 0 Å². The predicted molar refractivity (Wildman–Crippen MR) is 57.0 cm³/mol. The number of carbonyl (C=O) groups excluding carboxylic acids is 2. The second kappa shape index (κ2) is 3.19. The quantitative estimate of drug-likeness (QED) is 0.569. The molecule has 2 bridgehead atoms. The summed E-state index contributed by atoms with van der Waals surface area (Å²) in [6.07, 6.45) is 4.56. The lowest BCUT2D eigenvalue weighted by molar-refractivity contribution is -0.152. The molecule has 1 aliphatic carbocycles. The summed E-state index contributed by atoms with van der Waals surface area (Å²) in [5, 5.41) is 0. The van der Waals surface area contributed by atoms with Crippen LogP contribution in [0.25, 0.3) is 0 Å². The largest absolute Gasteiger partial charge is 0.274 e. The highest BCUT2D eigenvalue weighted by molar-refractivity contribution is 6.09. The number of nitrogens with zero attached hydrogens (tertiary/aromatic N) is 1. The fraction of sp³-hybridized carbons (Fsp3) is 0.667. The van der Waals surface area contributed by atoms with E-state index in [4.69, 9.17) is 0 Å². The molecule has 0 fully saturated rings. The molecule has 1 heterocycles. The molecule has 3 heteroatoms. The van der Waals surface area contributed by atoms with Gasteiger partial charge in [0.2, 0.25) is 5.91 Å². The van der Waals surface area contributed by atoms with Gasteiger partial charge in [0, 0.05) is 11.1 Å². The molecule has 2 aliphatic rings. The molecule has 1 aliphatic heterocycles. The molecule has 2 rings (SSSR count). The van der Waals surface area contributed by atoms with E-state index in [0.717, 1.165) is 24.8 Å². The van der Waals surface area contributed by atoms with Crippen LogP contribution >= 0.6 is 0 Å². The van der Waals surface area contributed by atoms with Crippen molar-refractivity contribution >= 4 is 11.8 Å². The molecule has 2 amide bonds. The van der Waals surface area contributed by atoms with Crippen LogP contribution in [0, 0.1) is 5.92 Å². The Hall–Kier alpha value is -1.12. The van der Waals surface area contributed by atoms with Crippen LogP contribution in [0.4, 0.5) is 0 Å². The van der Waals surface area contributed by atoms with Gasteiger partial charge in [0.25, 0.3) is 5.91 Å². The topological polar surface area (TPSA) is 37.4 Å². The van der Waals surface area contributed by atoms with Gasteiger partial charge in [0.05, 0.1) is 5.92 Å². The van der Waals surface area contributed by atoms with Crippen molar-refractivity contribution in [2.45, 2.75) is 45.6 Å². The molecule has 0 N–H and O–H groups in total. The Morgan fingerprint density at radius 2 is 2.00 bits per heavy atom. The normalized spacial score (nSPS) is 26.7. The first-order chi connectivity index (χ1) is 6.91. The van der Waals surface area contributed by atoms with E-state index in [1.54, 1.807) is 0 Å². The molecule has 0 saturated carbocycles. The Balaban J connectivity index is 2.40. The van der Waals surface area contributed by atoms with Crippen molar-refractivity contribution in [1.82, 2.24) is 4.90 Å². The summed E-state index contributed by atoms with van der Waals surface area (Å²) < 4.78 is 0. The van der Waals surface area contributed by atoms with Gasteiger partial charge in [-0.2, -0.15) is 0 Å². The number of imide groups is 1. The second-order valence-corrected chi connectivity index (χ2v) is 5.34. The summed E-state index contributed by atoms with van der Waals surface area (Å²) in [4.78, 5) is 25.5. The van der Waals surface area contributed by atoms with E-state index in [9.17, 15) is 9.59 Å². The summed E-state index contributed by atoms with van der Waals surface area (Å²) in [5.74, 6) is -0.148. The van der Waals surface area contributed by atoms with Crippen molar-refractivity contribution in [3.63, 3.8) is 0 Å². The lowest BCUT2D eigenvalue weighted by Crippen LogP contribution is -2.54. The molecule has 0 saturated heterocycles. The molecule has 0 aromatic heterocycles. The van der Waals surface area contributed by atoms with Crippen LogP contribution < -0.4 is 0 Å². The van der Waals surface area contributed by atoms with E-state index in [0.29, 0.717) is 0 Å². The number of amides is 2. The summed E-state index contributed by atoms with van der Waals surface area (Å²) in [6, 6.07) is 0. The first-order valence-corrected chi connectivity index (χ1v) is 5.50. The maximum Gasteiger partial charge on any atom is 0.256 e. The fourth-order valence-electron chi connectivity index (χ4n) is 2.34. The summed E-state index contributed by atoms with van der Waals surface area (Å²) in [5.41, 5.74) is 0.435.